The van der Waals surface area contributed by atoms with E-state index in [1.54, 1.807) is 24.3 Å². The summed E-state index contributed by atoms with van der Waals surface area (Å²) in [6.45, 7) is 7.73. The Morgan fingerprint density at radius 2 is 1.94 bits per heavy atom. The minimum Gasteiger partial charge on any atom is -0.339 e. The van der Waals surface area contributed by atoms with E-state index in [2.05, 4.69) is 19.3 Å². The van der Waals surface area contributed by atoms with Gasteiger partial charge in [-0.3, -0.25) is 10.6 Å². The number of anilines is 1. The normalized spacial score (nSPS) is 10.4. The molecule has 4 nitrogen and oxygen atoms in total. The molecule has 0 aliphatic carbocycles. The maximum atomic E-state index is 12.2. The fraction of sp³-hybridized carbons (Fsp3) is 0.462. The second-order valence-corrected chi connectivity index (χ2v) is 4.46. The third kappa shape index (κ3) is 3.75. The van der Waals surface area contributed by atoms with Gasteiger partial charge in [-0.15, -0.1) is 0 Å². The van der Waals surface area contributed by atoms with Gasteiger partial charge in [0.1, 0.15) is 0 Å². The Hall–Kier alpha value is -1.55. The molecule has 0 saturated heterocycles. The molecule has 1 aromatic carbocycles. The smallest absolute Gasteiger partial charge is 0.253 e. The van der Waals surface area contributed by atoms with Crippen molar-refractivity contribution in [2.24, 2.45) is 11.8 Å². The third-order valence-electron chi connectivity index (χ3n) is 2.55. The molecule has 0 aliphatic heterocycles. The number of nitrogens with zero attached hydrogens (tertiary/aromatic N) is 1. The van der Waals surface area contributed by atoms with Gasteiger partial charge in [-0.25, -0.2) is 0 Å². The first-order chi connectivity index (χ1) is 8.08. The van der Waals surface area contributed by atoms with Crippen molar-refractivity contribution in [2.75, 3.05) is 18.5 Å². The molecule has 0 aliphatic rings. The molecule has 0 heterocycles. The van der Waals surface area contributed by atoms with E-state index in [1.807, 2.05) is 11.8 Å². The molecule has 0 aromatic heterocycles. The van der Waals surface area contributed by atoms with Crippen LogP contribution in [0.15, 0.2) is 24.3 Å². The monoisotopic (exact) mass is 235 g/mol. The van der Waals surface area contributed by atoms with Crippen molar-refractivity contribution in [3.8, 4) is 0 Å². The van der Waals surface area contributed by atoms with Gasteiger partial charge < -0.3 is 10.3 Å². The van der Waals surface area contributed by atoms with Crippen LogP contribution < -0.4 is 11.3 Å². The first kappa shape index (κ1) is 13.5. The molecule has 0 bridgehead atoms. The summed E-state index contributed by atoms with van der Waals surface area (Å²) < 4.78 is 0. The van der Waals surface area contributed by atoms with E-state index in [0.717, 1.165) is 18.8 Å². The lowest BCUT2D eigenvalue weighted by Crippen LogP contribution is -2.33. The SMILES string of the molecule is CCN(CC(C)C)C(=O)c1ccc(NN)cc1. The van der Waals surface area contributed by atoms with Crippen LogP contribution in [-0.2, 0) is 0 Å². The van der Waals surface area contributed by atoms with Crippen molar-refractivity contribution in [3.05, 3.63) is 29.8 Å². The summed E-state index contributed by atoms with van der Waals surface area (Å²) in [5, 5.41) is 0. The van der Waals surface area contributed by atoms with Crippen LogP contribution in [0.3, 0.4) is 0 Å². The van der Waals surface area contributed by atoms with Gasteiger partial charge >= 0.3 is 0 Å². The summed E-state index contributed by atoms with van der Waals surface area (Å²) in [7, 11) is 0. The molecular formula is C13H21N3O. The zero-order chi connectivity index (χ0) is 12.8. The van der Waals surface area contributed by atoms with E-state index >= 15 is 0 Å². The number of carbonyl (C=O) groups excluding carboxylic acids is 1. The van der Waals surface area contributed by atoms with Crippen LogP contribution in [0, 0.1) is 5.92 Å². The predicted octanol–water partition coefficient (Wildman–Crippen LogP) is 2.09. The molecule has 0 radical (unpaired) electrons. The lowest BCUT2D eigenvalue weighted by molar-refractivity contribution is 0.0746. The van der Waals surface area contributed by atoms with Crippen LogP contribution in [0.4, 0.5) is 5.69 Å². The largest absolute Gasteiger partial charge is 0.339 e. The zero-order valence-electron chi connectivity index (χ0n) is 10.7. The topological polar surface area (TPSA) is 58.4 Å². The van der Waals surface area contributed by atoms with Crippen LogP contribution >= 0.6 is 0 Å². The first-order valence-corrected chi connectivity index (χ1v) is 5.94. The van der Waals surface area contributed by atoms with Crippen LogP contribution in [0.25, 0.3) is 0 Å². The Balaban J connectivity index is 2.78. The van der Waals surface area contributed by atoms with Crippen LogP contribution in [0.2, 0.25) is 0 Å². The molecule has 0 unspecified atom stereocenters. The molecule has 0 spiro atoms. The maximum Gasteiger partial charge on any atom is 0.253 e. The summed E-state index contributed by atoms with van der Waals surface area (Å²) in [5.74, 6) is 5.83. The fourth-order valence-electron chi connectivity index (χ4n) is 1.69. The standard InChI is InChI=1S/C13H21N3O/c1-4-16(9-10(2)3)13(17)11-5-7-12(15-14)8-6-11/h5-8,10,15H,4,9,14H2,1-3H3. The third-order valence-corrected chi connectivity index (χ3v) is 2.55. The van der Waals surface area contributed by atoms with Gasteiger partial charge in [-0.05, 0) is 37.1 Å². The highest BCUT2D eigenvalue weighted by Crippen LogP contribution is 2.11. The van der Waals surface area contributed by atoms with E-state index in [-0.39, 0.29) is 5.91 Å². The molecule has 0 fully saturated rings. The predicted molar refractivity (Wildman–Crippen MR) is 70.7 cm³/mol. The number of hydrogen-bond acceptors (Lipinski definition) is 3. The first-order valence-electron chi connectivity index (χ1n) is 5.94. The van der Waals surface area contributed by atoms with Crippen molar-refractivity contribution in [1.82, 2.24) is 4.90 Å². The number of nitrogen functional groups attached to an aromatic ring is 1. The number of carbonyl (C=O) groups is 1. The number of nitrogens with one attached hydrogen (secondary N) is 1. The lowest BCUT2D eigenvalue weighted by Gasteiger charge is -2.23. The highest BCUT2D eigenvalue weighted by atomic mass is 16.2. The van der Waals surface area contributed by atoms with Crippen molar-refractivity contribution >= 4 is 11.6 Å². The van der Waals surface area contributed by atoms with E-state index in [0.29, 0.717) is 11.5 Å². The quantitative estimate of drug-likeness (QED) is 0.607. The minimum absolute atomic E-state index is 0.0739. The number of nitrogens with two attached hydrogens (primary N) is 1. The van der Waals surface area contributed by atoms with Crippen molar-refractivity contribution in [3.63, 3.8) is 0 Å². The highest BCUT2D eigenvalue weighted by molar-refractivity contribution is 5.94. The Kier molecular flexibility index (Phi) is 4.97. The van der Waals surface area contributed by atoms with Crippen LogP contribution in [-0.4, -0.2) is 23.9 Å². The van der Waals surface area contributed by atoms with Gasteiger partial charge in [-0.1, -0.05) is 13.8 Å². The molecule has 1 rings (SSSR count). The average Bonchev–Trinajstić information content (AvgIpc) is 2.35. The highest BCUT2D eigenvalue weighted by Gasteiger charge is 2.14. The molecule has 94 valence electrons. The van der Waals surface area contributed by atoms with Gasteiger partial charge in [-0.2, -0.15) is 0 Å². The molecular weight excluding hydrogens is 214 g/mol. The molecule has 1 aromatic rings. The van der Waals surface area contributed by atoms with Crippen molar-refractivity contribution < 1.29 is 4.79 Å². The average molecular weight is 235 g/mol. The summed E-state index contributed by atoms with van der Waals surface area (Å²) in [6.07, 6.45) is 0. The van der Waals surface area contributed by atoms with Crippen molar-refractivity contribution in [2.45, 2.75) is 20.8 Å². The molecule has 3 N–H and O–H groups in total. The second-order valence-electron chi connectivity index (χ2n) is 4.46. The van der Waals surface area contributed by atoms with Crippen LogP contribution in [0.5, 0.6) is 0 Å². The molecule has 0 saturated carbocycles. The summed E-state index contributed by atoms with van der Waals surface area (Å²) >= 11 is 0. The summed E-state index contributed by atoms with van der Waals surface area (Å²) in [4.78, 5) is 14.0. The van der Waals surface area contributed by atoms with Crippen LogP contribution in [0.1, 0.15) is 31.1 Å². The lowest BCUT2D eigenvalue weighted by atomic mass is 10.1. The fourth-order valence-corrected chi connectivity index (χ4v) is 1.69. The van der Waals surface area contributed by atoms with Gasteiger partial charge in [0, 0.05) is 24.3 Å². The Morgan fingerprint density at radius 3 is 2.35 bits per heavy atom. The van der Waals surface area contributed by atoms with E-state index < -0.39 is 0 Å². The Bertz CT molecular complexity index is 359. The number of benzene rings is 1. The maximum absolute atomic E-state index is 12.2. The summed E-state index contributed by atoms with van der Waals surface area (Å²) in [6, 6.07) is 7.19. The molecule has 1 amide bonds. The Labute approximate surface area is 103 Å². The van der Waals surface area contributed by atoms with Gasteiger partial charge in [0.2, 0.25) is 0 Å². The number of hydrogen-bond donors (Lipinski definition) is 2. The van der Waals surface area contributed by atoms with Gasteiger partial charge in [0.05, 0.1) is 0 Å². The van der Waals surface area contributed by atoms with Crippen molar-refractivity contribution in [1.29, 1.82) is 0 Å². The van der Waals surface area contributed by atoms with E-state index in [4.69, 9.17) is 5.84 Å². The molecule has 4 heteroatoms. The number of amides is 1. The number of rotatable bonds is 5. The van der Waals surface area contributed by atoms with E-state index in [9.17, 15) is 4.79 Å². The van der Waals surface area contributed by atoms with E-state index in [1.165, 1.54) is 0 Å². The molecule has 17 heavy (non-hydrogen) atoms. The Morgan fingerprint density at radius 1 is 1.35 bits per heavy atom. The molecule has 0 atom stereocenters. The van der Waals surface area contributed by atoms with Gasteiger partial charge in [0.25, 0.3) is 5.91 Å². The minimum atomic E-state index is 0.0739. The second kappa shape index (κ2) is 6.25. The zero-order valence-corrected chi connectivity index (χ0v) is 10.7. The number of hydrazine groups is 1. The van der Waals surface area contributed by atoms with Gasteiger partial charge in [0.15, 0.2) is 0 Å². The summed E-state index contributed by atoms with van der Waals surface area (Å²) in [5.41, 5.74) is 4.04.